The number of benzene rings is 1. The highest BCUT2D eigenvalue weighted by Gasteiger charge is 2.19. The molecule has 1 saturated carbocycles. The van der Waals surface area contributed by atoms with Crippen LogP contribution in [0.25, 0.3) is 0 Å². The van der Waals surface area contributed by atoms with Gasteiger partial charge in [0.1, 0.15) is 0 Å². The van der Waals surface area contributed by atoms with Crippen LogP contribution in [-0.4, -0.2) is 19.2 Å². The van der Waals surface area contributed by atoms with Gasteiger partial charge in [0.2, 0.25) is 0 Å². The third-order valence-corrected chi connectivity index (χ3v) is 2.65. The molecule has 0 saturated heterocycles. The van der Waals surface area contributed by atoms with Crippen molar-refractivity contribution in [3.05, 3.63) is 34.9 Å². The molecule has 2 rings (SSSR count). The summed E-state index contributed by atoms with van der Waals surface area (Å²) in [5.41, 5.74) is 1.13. The second-order valence-corrected chi connectivity index (χ2v) is 4.35. The molecule has 82 valence electrons. The zero-order valence-corrected chi connectivity index (χ0v) is 9.46. The van der Waals surface area contributed by atoms with Crippen LogP contribution in [0.5, 0.6) is 0 Å². The largest absolute Gasteiger partial charge is 0.375 e. The molecular weight excluding hydrogens is 210 g/mol. The maximum absolute atomic E-state index is 5.87. The molecule has 0 radical (unpaired) electrons. The molecule has 0 amide bonds. The van der Waals surface area contributed by atoms with Crippen molar-refractivity contribution in [2.75, 3.05) is 13.2 Å². The van der Waals surface area contributed by atoms with Gasteiger partial charge >= 0.3 is 0 Å². The van der Waals surface area contributed by atoms with Gasteiger partial charge in [0.25, 0.3) is 0 Å². The number of hydrogen-bond acceptors (Lipinski definition) is 2. The predicted molar refractivity (Wildman–Crippen MR) is 62.1 cm³/mol. The van der Waals surface area contributed by atoms with E-state index < -0.39 is 0 Å². The van der Waals surface area contributed by atoms with Gasteiger partial charge in [-0.25, -0.2) is 0 Å². The molecule has 2 nitrogen and oxygen atoms in total. The van der Waals surface area contributed by atoms with E-state index in [1.807, 2.05) is 24.3 Å². The normalized spacial score (nSPS) is 15.5. The van der Waals surface area contributed by atoms with E-state index in [2.05, 4.69) is 5.32 Å². The zero-order chi connectivity index (χ0) is 10.5. The molecule has 1 aliphatic rings. The van der Waals surface area contributed by atoms with Crippen LogP contribution >= 0.6 is 11.6 Å². The average molecular weight is 226 g/mol. The Morgan fingerprint density at radius 2 is 2.27 bits per heavy atom. The topological polar surface area (TPSA) is 21.3 Å². The molecule has 15 heavy (non-hydrogen) atoms. The SMILES string of the molecule is Clc1cccc(COCCNC2CC2)c1. The van der Waals surface area contributed by atoms with Crippen molar-refractivity contribution < 1.29 is 4.74 Å². The Kier molecular flexibility index (Phi) is 4.01. The lowest BCUT2D eigenvalue weighted by molar-refractivity contribution is 0.122. The van der Waals surface area contributed by atoms with Crippen molar-refractivity contribution in [2.45, 2.75) is 25.5 Å². The Morgan fingerprint density at radius 1 is 1.40 bits per heavy atom. The first-order valence-corrected chi connectivity index (χ1v) is 5.78. The van der Waals surface area contributed by atoms with Crippen molar-refractivity contribution in [3.63, 3.8) is 0 Å². The van der Waals surface area contributed by atoms with Gasteiger partial charge in [0.15, 0.2) is 0 Å². The molecule has 1 aromatic carbocycles. The van der Waals surface area contributed by atoms with Crippen molar-refractivity contribution >= 4 is 11.6 Å². The Balaban J connectivity index is 1.60. The van der Waals surface area contributed by atoms with Crippen molar-refractivity contribution in [2.24, 2.45) is 0 Å². The van der Waals surface area contributed by atoms with Crippen LogP contribution < -0.4 is 5.32 Å². The van der Waals surface area contributed by atoms with Gasteiger partial charge in [-0.05, 0) is 30.5 Å². The number of ether oxygens (including phenoxy) is 1. The van der Waals surface area contributed by atoms with Gasteiger partial charge in [-0.3, -0.25) is 0 Å². The van der Waals surface area contributed by atoms with Crippen molar-refractivity contribution in [1.29, 1.82) is 0 Å². The van der Waals surface area contributed by atoms with Crippen molar-refractivity contribution in [3.8, 4) is 0 Å². The summed E-state index contributed by atoms with van der Waals surface area (Å²) < 4.78 is 5.53. The first-order valence-electron chi connectivity index (χ1n) is 5.40. The van der Waals surface area contributed by atoms with E-state index in [4.69, 9.17) is 16.3 Å². The molecule has 0 aromatic heterocycles. The van der Waals surface area contributed by atoms with Gasteiger partial charge in [-0.1, -0.05) is 23.7 Å². The van der Waals surface area contributed by atoms with Crippen LogP contribution in [0.3, 0.4) is 0 Å². The van der Waals surface area contributed by atoms with Crippen LogP contribution in [0.4, 0.5) is 0 Å². The molecule has 1 aromatic rings. The molecule has 0 spiro atoms. The number of halogens is 1. The molecule has 0 atom stereocenters. The predicted octanol–water partition coefficient (Wildman–Crippen LogP) is 2.61. The number of nitrogens with one attached hydrogen (secondary N) is 1. The first-order chi connectivity index (χ1) is 7.34. The summed E-state index contributed by atoms with van der Waals surface area (Å²) >= 11 is 5.87. The minimum atomic E-state index is 0.646. The summed E-state index contributed by atoms with van der Waals surface area (Å²) in [5, 5.41) is 4.17. The van der Waals surface area contributed by atoms with E-state index in [1.165, 1.54) is 12.8 Å². The summed E-state index contributed by atoms with van der Waals surface area (Å²) in [4.78, 5) is 0. The summed E-state index contributed by atoms with van der Waals surface area (Å²) in [6.45, 7) is 2.36. The minimum absolute atomic E-state index is 0.646. The van der Waals surface area contributed by atoms with E-state index in [9.17, 15) is 0 Å². The molecule has 0 unspecified atom stereocenters. The van der Waals surface area contributed by atoms with Crippen molar-refractivity contribution in [1.82, 2.24) is 5.32 Å². The lowest BCUT2D eigenvalue weighted by Gasteiger charge is -2.05. The van der Waals surface area contributed by atoms with E-state index in [-0.39, 0.29) is 0 Å². The summed E-state index contributed by atoms with van der Waals surface area (Å²) in [6, 6.07) is 8.55. The molecule has 0 aliphatic heterocycles. The third kappa shape index (κ3) is 4.20. The summed E-state index contributed by atoms with van der Waals surface area (Å²) in [6.07, 6.45) is 2.66. The van der Waals surface area contributed by atoms with Crippen LogP contribution in [0.1, 0.15) is 18.4 Å². The van der Waals surface area contributed by atoms with E-state index in [1.54, 1.807) is 0 Å². The second-order valence-electron chi connectivity index (χ2n) is 3.91. The Hall–Kier alpha value is -0.570. The quantitative estimate of drug-likeness (QED) is 0.752. The van der Waals surface area contributed by atoms with Crippen LogP contribution in [0, 0.1) is 0 Å². The highest BCUT2D eigenvalue weighted by molar-refractivity contribution is 6.30. The lowest BCUT2D eigenvalue weighted by Crippen LogP contribution is -2.21. The Morgan fingerprint density at radius 3 is 3.00 bits per heavy atom. The highest BCUT2D eigenvalue weighted by atomic mass is 35.5. The lowest BCUT2D eigenvalue weighted by atomic mass is 10.2. The standard InChI is InChI=1S/C12H16ClNO/c13-11-3-1-2-10(8-11)9-15-7-6-14-12-4-5-12/h1-3,8,12,14H,4-7,9H2. The molecule has 0 heterocycles. The van der Waals surface area contributed by atoms with Crippen LogP contribution in [-0.2, 0) is 11.3 Å². The van der Waals surface area contributed by atoms with Gasteiger partial charge in [-0.15, -0.1) is 0 Å². The van der Waals surface area contributed by atoms with Crippen LogP contribution in [0.15, 0.2) is 24.3 Å². The summed E-state index contributed by atoms with van der Waals surface area (Å²) in [5.74, 6) is 0. The maximum atomic E-state index is 5.87. The fourth-order valence-electron chi connectivity index (χ4n) is 1.44. The van der Waals surface area contributed by atoms with Crippen LogP contribution in [0.2, 0.25) is 5.02 Å². The second kappa shape index (κ2) is 5.50. The molecule has 1 N–H and O–H groups in total. The van der Waals surface area contributed by atoms with Gasteiger partial charge < -0.3 is 10.1 Å². The maximum Gasteiger partial charge on any atom is 0.0718 e. The van der Waals surface area contributed by atoms with Gasteiger partial charge in [0.05, 0.1) is 13.2 Å². The minimum Gasteiger partial charge on any atom is -0.375 e. The van der Waals surface area contributed by atoms with Gasteiger partial charge in [-0.2, -0.15) is 0 Å². The smallest absolute Gasteiger partial charge is 0.0718 e. The van der Waals surface area contributed by atoms with E-state index >= 15 is 0 Å². The number of rotatable bonds is 6. The van der Waals surface area contributed by atoms with E-state index in [0.717, 1.165) is 29.8 Å². The fraction of sp³-hybridized carbons (Fsp3) is 0.500. The van der Waals surface area contributed by atoms with Gasteiger partial charge in [0, 0.05) is 17.6 Å². The Bertz CT molecular complexity index is 312. The molecule has 1 aliphatic carbocycles. The van der Waals surface area contributed by atoms with E-state index in [0.29, 0.717) is 6.61 Å². The zero-order valence-electron chi connectivity index (χ0n) is 8.71. The molecule has 3 heteroatoms. The average Bonchev–Trinajstić information content (AvgIpc) is 3.01. The monoisotopic (exact) mass is 225 g/mol. The first kappa shape index (κ1) is 10.9. The highest BCUT2D eigenvalue weighted by Crippen LogP contribution is 2.18. The molecular formula is C12H16ClNO. The Labute approximate surface area is 95.6 Å². The summed E-state index contributed by atoms with van der Waals surface area (Å²) in [7, 11) is 0. The molecule has 1 fully saturated rings. The third-order valence-electron chi connectivity index (χ3n) is 2.41. The number of hydrogen-bond donors (Lipinski definition) is 1. The molecule has 0 bridgehead atoms. The fourth-order valence-corrected chi connectivity index (χ4v) is 1.65.